The molecule has 12 nitrogen and oxygen atoms in total. The van der Waals surface area contributed by atoms with Crippen molar-refractivity contribution < 1.29 is 52.8 Å². The molecule has 0 spiro atoms. The smallest absolute Gasteiger partial charge is 0.344 e. The van der Waals surface area contributed by atoms with E-state index in [1.165, 1.54) is 6.07 Å². The van der Waals surface area contributed by atoms with Crippen molar-refractivity contribution in [2.75, 3.05) is 0 Å². The van der Waals surface area contributed by atoms with Crippen molar-refractivity contribution in [3.05, 3.63) is 116 Å². The van der Waals surface area contributed by atoms with Gasteiger partial charge in [0.25, 0.3) is 18.2 Å². The van der Waals surface area contributed by atoms with Gasteiger partial charge in [-0.05, 0) is 100 Å². The molecule has 0 radical (unpaired) electrons. The molecular weight excluding hydrogens is 936 g/mol. The Bertz CT molecular complexity index is 2970. The van der Waals surface area contributed by atoms with Gasteiger partial charge in [-0.2, -0.15) is 27.7 Å². The van der Waals surface area contributed by atoms with Crippen molar-refractivity contribution in [2.24, 2.45) is 10.9 Å². The Labute approximate surface area is 383 Å². The second-order valence-corrected chi connectivity index (χ2v) is 21.0. The predicted molar refractivity (Wildman–Crippen MR) is 229 cm³/mol. The number of aromatic nitrogens is 5. The number of pyridine rings is 1. The van der Waals surface area contributed by atoms with Gasteiger partial charge in [0.2, 0.25) is 5.91 Å². The summed E-state index contributed by atoms with van der Waals surface area (Å²) >= 11 is 6.83. The Hall–Kier alpha value is -5.70. The summed E-state index contributed by atoms with van der Waals surface area (Å²) in [6, 6.07) is 7.33. The van der Waals surface area contributed by atoms with Crippen LogP contribution in [0.15, 0.2) is 58.0 Å². The van der Waals surface area contributed by atoms with E-state index in [2.05, 4.69) is 30.9 Å². The van der Waals surface area contributed by atoms with Gasteiger partial charge >= 0.3 is 12.4 Å². The monoisotopic (exact) mass is 976 g/mol. The number of nitrogens with zero attached hydrogens (tertiary/aromatic N) is 6. The Morgan fingerprint density at radius 2 is 1.75 bits per heavy atom. The van der Waals surface area contributed by atoms with Crippen LogP contribution in [0.2, 0.25) is 5.02 Å². The van der Waals surface area contributed by atoms with Gasteiger partial charge in [-0.1, -0.05) is 41.8 Å². The number of sulfone groups is 1. The van der Waals surface area contributed by atoms with Gasteiger partial charge in [0.1, 0.15) is 35.4 Å². The first-order valence-corrected chi connectivity index (χ1v) is 23.4. The average Bonchev–Trinajstić information content (AvgIpc) is 4.13. The third-order valence-electron chi connectivity index (χ3n) is 12.6. The van der Waals surface area contributed by atoms with Gasteiger partial charge in [-0.25, -0.2) is 26.0 Å². The number of benzene rings is 2. The summed E-state index contributed by atoms with van der Waals surface area (Å²) in [5.74, 6) is -9.35. The summed E-state index contributed by atoms with van der Waals surface area (Å²) in [6.07, 6.45) is -3.03. The van der Waals surface area contributed by atoms with Gasteiger partial charge in [-0.3, -0.25) is 14.5 Å². The van der Waals surface area contributed by atoms with Crippen LogP contribution in [0, 0.1) is 17.6 Å². The summed E-state index contributed by atoms with van der Waals surface area (Å²) in [6.45, 7) is 4.16. The van der Waals surface area contributed by atoms with Gasteiger partial charge in [0, 0.05) is 45.6 Å². The van der Waals surface area contributed by atoms with Crippen LogP contribution in [0.3, 0.4) is 0 Å². The number of amides is 1. The molecule has 3 atom stereocenters. The van der Waals surface area contributed by atoms with Crippen LogP contribution in [-0.4, -0.2) is 55.1 Å². The van der Waals surface area contributed by atoms with E-state index in [4.69, 9.17) is 21.0 Å². The van der Waals surface area contributed by atoms with Crippen LogP contribution < -0.4 is 10.6 Å². The maximum absolute atomic E-state index is 15.6. The average molecular weight is 977 g/mol. The number of hydrogen-bond acceptors (Lipinski definition) is 9. The maximum Gasteiger partial charge on any atom is 0.344 e. The number of aryl methyl sites for hydroxylation is 1. The standard InChI is InChI=1S/C45H41ClF8N8O4S/c1-4-5-30-33-25(10-11-29(46)35(33)41(57-30)58-43-60-59-42(66-43)40(51)52)26-9-6-23(12-13-44(2,3)67(64,65)24-7-8-24)55-36(26)31(16-20-14-21(47)17-22(48)15-20)56-32(63)19-62-38-34(37(61-62)39(49)50)27-18-28(27)45(38,53)54/h5-6,9-11,14-15,17,24,27-28,31,39-40H,4,7-8,12-13,16,18-19H2,1-3H3,(H,56,63)(H,57,58,60)/b30-5+/t27-,28+,31-/m0/s1. The van der Waals surface area contributed by atoms with Crippen LogP contribution >= 0.6 is 11.6 Å². The molecule has 2 fully saturated rings. The van der Waals surface area contributed by atoms with E-state index in [9.17, 15) is 39.6 Å². The highest BCUT2D eigenvalue weighted by atomic mass is 35.5. The zero-order chi connectivity index (χ0) is 47.9. The third-order valence-corrected chi connectivity index (χ3v) is 16.0. The van der Waals surface area contributed by atoms with E-state index in [-0.39, 0.29) is 58.9 Å². The SMILES string of the molecule is CC/C=C1/NC(=Nc2nnc(C(F)F)o2)c2c(Cl)ccc(-c3ccc(CCC(C)(C)S(=O)(=O)C4CC4)nc3[C@H](Cc3cc(F)cc(F)c3)NC(=O)Cn3nc(C(F)F)c4c3C(F)(F)[C@@H]3C[C@H]43)c21. The highest BCUT2D eigenvalue weighted by Gasteiger charge is 2.67. The molecule has 2 aromatic carbocycles. The Kier molecular flexibility index (Phi) is 11.9. The molecule has 0 saturated heterocycles. The van der Waals surface area contributed by atoms with Gasteiger partial charge in [0.15, 0.2) is 9.84 Å². The maximum atomic E-state index is 15.6. The third kappa shape index (κ3) is 8.61. The zero-order valence-electron chi connectivity index (χ0n) is 35.9. The van der Waals surface area contributed by atoms with Crippen molar-refractivity contribution in [1.82, 2.24) is 35.6 Å². The number of halogens is 9. The van der Waals surface area contributed by atoms with Gasteiger partial charge in [0.05, 0.1) is 26.8 Å². The lowest BCUT2D eigenvalue weighted by molar-refractivity contribution is -0.123. The number of nitrogens with one attached hydrogen (secondary N) is 2. The van der Waals surface area contributed by atoms with Crippen LogP contribution in [-0.2, 0) is 39.9 Å². The highest BCUT2D eigenvalue weighted by molar-refractivity contribution is 7.93. The summed E-state index contributed by atoms with van der Waals surface area (Å²) in [5, 5.41) is 16.3. The first-order chi connectivity index (χ1) is 31.7. The summed E-state index contributed by atoms with van der Waals surface area (Å²) < 4.78 is 147. The number of rotatable bonds is 16. The lowest BCUT2D eigenvalue weighted by atomic mass is 9.89. The van der Waals surface area contributed by atoms with Gasteiger partial charge in [-0.15, -0.1) is 5.10 Å². The van der Waals surface area contributed by atoms with Crippen LogP contribution in [0.4, 0.5) is 41.1 Å². The van der Waals surface area contributed by atoms with Crippen LogP contribution in [0.25, 0.3) is 16.8 Å². The van der Waals surface area contributed by atoms with E-state index in [1.54, 1.807) is 38.1 Å². The molecule has 67 heavy (non-hydrogen) atoms. The summed E-state index contributed by atoms with van der Waals surface area (Å²) in [4.78, 5) is 23.5. The zero-order valence-corrected chi connectivity index (χ0v) is 37.4. The molecule has 4 aliphatic rings. The second kappa shape index (κ2) is 17.1. The fraction of sp³-hybridized carbons (Fsp3) is 0.422. The Morgan fingerprint density at radius 3 is 2.40 bits per heavy atom. The Morgan fingerprint density at radius 1 is 1.03 bits per heavy atom. The number of hydrogen-bond donors (Lipinski definition) is 2. The van der Waals surface area contributed by atoms with E-state index < -0.39 is 104 Å². The minimum absolute atomic E-state index is 0.00136. The van der Waals surface area contributed by atoms with E-state index in [0.717, 1.165) is 12.1 Å². The molecule has 2 saturated carbocycles. The number of allylic oxidation sites excluding steroid dienone is 1. The fourth-order valence-electron chi connectivity index (χ4n) is 9.15. The molecule has 22 heteroatoms. The minimum atomic E-state index is -3.54. The molecule has 3 aromatic heterocycles. The van der Waals surface area contributed by atoms with Gasteiger partial charge < -0.3 is 15.1 Å². The molecule has 2 N–H and O–H groups in total. The fourth-order valence-corrected chi connectivity index (χ4v) is 11.4. The first-order valence-electron chi connectivity index (χ1n) is 21.4. The number of carbonyl (C=O) groups is 1. The second-order valence-electron chi connectivity index (χ2n) is 17.7. The molecule has 1 amide bonds. The molecule has 9 rings (SSSR count). The number of alkyl halides is 6. The molecule has 5 aromatic rings. The number of carbonyl (C=O) groups excluding carboxylic acids is 1. The molecule has 354 valence electrons. The number of amidine groups is 1. The Balaban J connectivity index is 1.18. The van der Waals surface area contributed by atoms with Crippen molar-refractivity contribution in [1.29, 1.82) is 0 Å². The molecular formula is C45H41ClF8N8O4S. The molecule has 3 aliphatic carbocycles. The van der Waals surface area contributed by atoms with Crippen molar-refractivity contribution in [3.8, 4) is 11.1 Å². The molecule has 0 unspecified atom stereocenters. The van der Waals surface area contributed by atoms with E-state index in [1.807, 2.05) is 6.92 Å². The largest absolute Gasteiger partial charge is 0.400 e. The number of fused-ring (bicyclic) bond motifs is 4. The molecule has 0 bridgehead atoms. The minimum Gasteiger partial charge on any atom is -0.400 e. The first kappa shape index (κ1) is 46.4. The predicted octanol–water partition coefficient (Wildman–Crippen LogP) is 10.2. The van der Waals surface area contributed by atoms with E-state index in [0.29, 0.717) is 58.1 Å². The van der Waals surface area contributed by atoms with Crippen LogP contribution in [0.5, 0.6) is 0 Å². The normalized spacial score (nSPS) is 20.1. The van der Waals surface area contributed by atoms with Crippen molar-refractivity contribution >= 4 is 44.9 Å². The van der Waals surface area contributed by atoms with E-state index >= 15 is 8.78 Å². The molecule has 4 heterocycles. The summed E-state index contributed by atoms with van der Waals surface area (Å²) in [5.41, 5.74) is 0.433. The van der Waals surface area contributed by atoms with Crippen molar-refractivity contribution in [3.63, 3.8) is 0 Å². The molecule has 1 aliphatic heterocycles. The van der Waals surface area contributed by atoms with Crippen molar-refractivity contribution in [2.45, 2.75) is 113 Å². The lowest BCUT2D eigenvalue weighted by Crippen LogP contribution is -2.36. The quantitative estimate of drug-likeness (QED) is 0.0919. The number of aliphatic imine (C=N–C) groups is 1. The topological polar surface area (TPSA) is 157 Å². The summed E-state index contributed by atoms with van der Waals surface area (Å²) in [7, 11) is -3.53. The lowest BCUT2D eigenvalue weighted by Gasteiger charge is -2.26. The van der Waals surface area contributed by atoms with Crippen LogP contribution in [0.1, 0.15) is 129 Å². The highest BCUT2D eigenvalue weighted by Crippen LogP contribution is 2.68.